The van der Waals surface area contributed by atoms with E-state index in [9.17, 15) is 4.79 Å². The quantitative estimate of drug-likeness (QED) is 0.562. The largest absolute Gasteiger partial charge is 0.358 e. The summed E-state index contributed by atoms with van der Waals surface area (Å²) in [4.78, 5) is 15.3. The number of hydrogen-bond acceptors (Lipinski definition) is 2. The Bertz CT molecular complexity index is 862. The summed E-state index contributed by atoms with van der Waals surface area (Å²) in [5.74, 6) is -0.211. The summed E-state index contributed by atoms with van der Waals surface area (Å²) in [6.07, 6.45) is 1.68. The number of para-hydroxylation sites is 1. The highest BCUT2D eigenvalue weighted by atomic mass is 16.2. The van der Waals surface area contributed by atoms with Crippen LogP contribution in [0.15, 0.2) is 53.6 Å². The molecule has 0 aliphatic rings. The fourth-order valence-corrected chi connectivity index (χ4v) is 2.47. The van der Waals surface area contributed by atoms with Crippen molar-refractivity contribution >= 4 is 23.0 Å². The molecule has 0 fully saturated rings. The lowest BCUT2D eigenvalue weighted by atomic mass is 10.1. The van der Waals surface area contributed by atoms with Crippen LogP contribution in [0.1, 0.15) is 27.2 Å². The number of aryl methyl sites for hydroxylation is 2. The number of H-pyrrole nitrogens is 1. The van der Waals surface area contributed by atoms with Crippen LogP contribution >= 0.6 is 0 Å². The molecule has 0 bridgehead atoms. The maximum Gasteiger partial charge on any atom is 0.271 e. The smallest absolute Gasteiger partial charge is 0.271 e. The van der Waals surface area contributed by atoms with Crippen molar-refractivity contribution in [3.05, 3.63) is 70.9 Å². The van der Waals surface area contributed by atoms with Crippen molar-refractivity contribution in [2.24, 2.45) is 5.10 Å². The van der Waals surface area contributed by atoms with Crippen molar-refractivity contribution in [3.8, 4) is 0 Å². The molecule has 1 aromatic heterocycles. The summed E-state index contributed by atoms with van der Waals surface area (Å²) in [5, 5.41) is 5.18. The van der Waals surface area contributed by atoms with Crippen molar-refractivity contribution < 1.29 is 4.79 Å². The summed E-state index contributed by atoms with van der Waals surface area (Å²) >= 11 is 0. The fraction of sp³-hybridized carbons (Fsp3) is 0.111. The molecule has 0 aliphatic heterocycles. The standard InChI is InChI=1S/C18H17N3O/c1-12-6-5-7-14(10-12)18(22)21-19-11-16-13(2)20-17-9-4-3-8-15(16)17/h3-11,20H,1-2H3,(H,21,22)/b19-11+. The number of nitrogens with zero attached hydrogens (tertiary/aromatic N) is 1. The zero-order chi connectivity index (χ0) is 15.5. The van der Waals surface area contributed by atoms with Gasteiger partial charge in [0, 0.05) is 27.7 Å². The second-order valence-corrected chi connectivity index (χ2v) is 5.28. The third-order valence-corrected chi connectivity index (χ3v) is 3.58. The van der Waals surface area contributed by atoms with Crippen molar-refractivity contribution in [1.82, 2.24) is 10.4 Å². The highest BCUT2D eigenvalue weighted by molar-refractivity contribution is 6.01. The van der Waals surface area contributed by atoms with Gasteiger partial charge in [0.05, 0.1) is 6.21 Å². The van der Waals surface area contributed by atoms with Crippen molar-refractivity contribution in [3.63, 3.8) is 0 Å². The van der Waals surface area contributed by atoms with Gasteiger partial charge >= 0.3 is 0 Å². The maximum absolute atomic E-state index is 12.0. The number of benzene rings is 2. The predicted molar refractivity (Wildman–Crippen MR) is 89.3 cm³/mol. The average molecular weight is 291 g/mol. The van der Waals surface area contributed by atoms with Crippen LogP contribution in [0.4, 0.5) is 0 Å². The predicted octanol–water partition coefficient (Wildman–Crippen LogP) is 3.55. The molecule has 22 heavy (non-hydrogen) atoms. The van der Waals surface area contributed by atoms with E-state index < -0.39 is 0 Å². The van der Waals surface area contributed by atoms with Gasteiger partial charge in [-0.3, -0.25) is 4.79 Å². The molecule has 2 aromatic carbocycles. The van der Waals surface area contributed by atoms with Crippen LogP contribution in [0.2, 0.25) is 0 Å². The number of hydrazone groups is 1. The molecule has 1 amide bonds. The number of fused-ring (bicyclic) bond motifs is 1. The summed E-state index contributed by atoms with van der Waals surface area (Å²) in [7, 11) is 0. The Morgan fingerprint density at radius 2 is 1.95 bits per heavy atom. The van der Waals surface area contributed by atoms with Gasteiger partial charge in [-0.25, -0.2) is 5.43 Å². The monoisotopic (exact) mass is 291 g/mol. The maximum atomic E-state index is 12.0. The third-order valence-electron chi connectivity index (χ3n) is 3.58. The Labute approximate surface area is 128 Å². The summed E-state index contributed by atoms with van der Waals surface area (Å²) in [6.45, 7) is 3.94. The lowest BCUT2D eigenvalue weighted by Gasteiger charge is -2.00. The highest BCUT2D eigenvalue weighted by Gasteiger charge is 2.06. The van der Waals surface area contributed by atoms with E-state index >= 15 is 0 Å². The lowest BCUT2D eigenvalue weighted by molar-refractivity contribution is 0.0955. The molecule has 0 saturated heterocycles. The first-order valence-corrected chi connectivity index (χ1v) is 7.12. The van der Waals surface area contributed by atoms with Gasteiger partial charge in [-0.2, -0.15) is 5.10 Å². The Balaban J connectivity index is 1.79. The SMILES string of the molecule is Cc1cccc(C(=O)N/N=C/c2c(C)[nH]c3ccccc23)c1. The van der Waals surface area contributed by atoms with Crippen molar-refractivity contribution in [1.29, 1.82) is 0 Å². The molecule has 2 N–H and O–H groups in total. The average Bonchev–Trinajstić information content (AvgIpc) is 2.83. The van der Waals surface area contributed by atoms with Gasteiger partial charge in [0.15, 0.2) is 0 Å². The molecule has 3 aromatic rings. The van der Waals surface area contributed by atoms with Gasteiger partial charge in [-0.1, -0.05) is 35.9 Å². The third kappa shape index (κ3) is 2.76. The van der Waals surface area contributed by atoms with Gasteiger partial charge in [0.25, 0.3) is 5.91 Å². The number of aromatic amines is 1. The number of hydrogen-bond donors (Lipinski definition) is 2. The molecule has 0 aliphatic carbocycles. The Morgan fingerprint density at radius 1 is 1.14 bits per heavy atom. The van der Waals surface area contributed by atoms with E-state index in [0.717, 1.165) is 27.7 Å². The number of carbonyl (C=O) groups is 1. The minimum absolute atomic E-state index is 0.211. The van der Waals surface area contributed by atoms with Crippen molar-refractivity contribution in [2.75, 3.05) is 0 Å². The first-order valence-electron chi connectivity index (χ1n) is 7.12. The second-order valence-electron chi connectivity index (χ2n) is 5.28. The van der Waals surface area contributed by atoms with Crippen LogP contribution in [-0.2, 0) is 0 Å². The number of aromatic nitrogens is 1. The molecule has 110 valence electrons. The van der Waals surface area contributed by atoms with E-state index in [0.29, 0.717) is 5.56 Å². The summed E-state index contributed by atoms with van der Waals surface area (Å²) in [5.41, 5.74) is 7.29. The van der Waals surface area contributed by atoms with E-state index in [4.69, 9.17) is 0 Å². The molecule has 4 nitrogen and oxygen atoms in total. The van der Waals surface area contributed by atoms with E-state index in [-0.39, 0.29) is 5.91 Å². The Kier molecular flexibility index (Phi) is 3.74. The van der Waals surface area contributed by atoms with Gasteiger partial charge in [-0.05, 0) is 32.0 Å². The molecular weight excluding hydrogens is 274 g/mol. The summed E-state index contributed by atoms with van der Waals surface area (Å²) < 4.78 is 0. The van der Waals surface area contributed by atoms with Crippen LogP contribution in [-0.4, -0.2) is 17.1 Å². The van der Waals surface area contributed by atoms with E-state index in [1.165, 1.54) is 0 Å². The minimum atomic E-state index is -0.211. The number of nitrogens with one attached hydrogen (secondary N) is 2. The molecule has 0 atom stereocenters. The van der Waals surface area contributed by atoms with Crippen LogP contribution in [0.5, 0.6) is 0 Å². The Morgan fingerprint density at radius 3 is 2.77 bits per heavy atom. The zero-order valence-electron chi connectivity index (χ0n) is 12.6. The first kappa shape index (κ1) is 14.1. The first-order chi connectivity index (χ1) is 10.6. The van der Waals surface area contributed by atoms with E-state index in [2.05, 4.69) is 15.5 Å². The molecular formula is C18H17N3O. The molecule has 3 rings (SSSR count). The van der Waals surface area contributed by atoms with Crippen LogP contribution in [0, 0.1) is 13.8 Å². The van der Waals surface area contributed by atoms with Crippen LogP contribution in [0.3, 0.4) is 0 Å². The minimum Gasteiger partial charge on any atom is -0.358 e. The molecule has 4 heteroatoms. The fourth-order valence-electron chi connectivity index (χ4n) is 2.47. The molecule has 0 radical (unpaired) electrons. The topological polar surface area (TPSA) is 57.2 Å². The van der Waals surface area contributed by atoms with Gasteiger partial charge in [0.2, 0.25) is 0 Å². The zero-order valence-corrected chi connectivity index (χ0v) is 12.6. The number of amides is 1. The summed E-state index contributed by atoms with van der Waals surface area (Å²) in [6, 6.07) is 15.4. The lowest BCUT2D eigenvalue weighted by Crippen LogP contribution is -2.17. The molecule has 0 spiro atoms. The van der Waals surface area contributed by atoms with E-state index in [1.807, 2.05) is 56.3 Å². The second kappa shape index (κ2) is 5.85. The highest BCUT2D eigenvalue weighted by Crippen LogP contribution is 2.19. The van der Waals surface area contributed by atoms with Gasteiger partial charge < -0.3 is 4.98 Å². The van der Waals surface area contributed by atoms with Gasteiger partial charge in [0.1, 0.15) is 0 Å². The van der Waals surface area contributed by atoms with Crippen molar-refractivity contribution in [2.45, 2.75) is 13.8 Å². The normalized spacial score (nSPS) is 11.2. The van der Waals surface area contributed by atoms with Gasteiger partial charge in [-0.15, -0.1) is 0 Å². The molecule has 0 unspecified atom stereocenters. The molecule has 1 heterocycles. The Hall–Kier alpha value is -2.88. The van der Waals surface area contributed by atoms with Crippen LogP contribution < -0.4 is 5.43 Å². The number of rotatable bonds is 3. The number of carbonyl (C=O) groups excluding carboxylic acids is 1. The molecule has 0 saturated carbocycles. The van der Waals surface area contributed by atoms with Crippen LogP contribution in [0.25, 0.3) is 10.9 Å². The van der Waals surface area contributed by atoms with E-state index in [1.54, 1.807) is 12.3 Å².